The molecule has 1 fully saturated rings. The largest absolute Gasteiger partial charge is 0.476 e. The molecule has 4 rings (SSSR count). The molecule has 0 spiro atoms. The predicted molar refractivity (Wildman–Crippen MR) is 103 cm³/mol. The summed E-state index contributed by atoms with van der Waals surface area (Å²) in [7, 11) is 0. The first-order valence-electron chi connectivity index (χ1n) is 9.44. The number of hydrogen-bond donors (Lipinski definition) is 2. The van der Waals surface area contributed by atoms with Gasteiger partial charge < -0.3 is 15.0 Å². The summed E-state index contributed by atoms with van der Waals surface area (Å²) in [5.41, 5.74) is 3.77. The van der Waals surface area contributed by atoms with Crippen molar-refractivity contribution in [3.63, 3.8) is 0 Å². The summed E-state index contributed by atoms with van der Waals surface area (Å²) >= 11 is 0. The van der Waals surface area contributed by atoms with Gasteiger partial charge in [0.2, 0.25) is 0 Å². The predicted octanol–water partition coefficient (Wildman–Crippen LogP) is 2.63. The molecule has 0 radical (unpaired) electrons. The van der Waals surface area contributed by atoms with E-state index in [4.69, 9.17) is 5.11 Å². The first kappa shape index (κ1) is 18.2. The maximum Gasteiger partial charge on any atom is 0.358 e. The van der Waals surface area contributed by atoms with Gasteiger partial charge in [-0.2, -0.15) is 0 Å². The van der Waals surface area contributed by atoms with Crippen LogP contribution in [0.25, 0.3) is 10.9 Å². The van der Waals surface area contributed by atoms with Crippen molar-refractivity contribution in [3.8, 4) is 0 Å². The second kappa shape index (κ2) is 7.10. The third-order valence-electron chi connectivity index (χ3n) is 5.58. The standard InChI is InChI=1S/C20H23N5O3/c1-12-13(2)21-18-15(12)6-3-7-16(18)19(26)24-8-4-5-14(9-24)10-25-11-17(20(27)28)22-23-25/h3,6-7,11,14,21H,4-5,8-10H2,1-2H3,(H,27,28)/t14-/m1/s1. The average molecular weight is 381 g/mol. The minimum Gasteiger partial charge on any atom is -0.476 e. The zero-order valence-electron chi connectivity index (χ0n) is 16.0. The molecule has 0 aliphatic carbocycles. The number of piperidine rings is 1. The Kier molecular flexibility index (Phi) is 4.62. The maximum absolute atomic E-state index is 13.2. The molecule has 28 heavy (non-hydrogen) atoms. The van der Waals surface area contributed by atoms with Crippen molar-refractivity contribution in [1.82, 2.24) is 24.9 Å². The molecule has 1 aliphatic rings. The highest BCUT2D eigenvalue weighted by atomic mass is 16.4. The van der Waals surface area contributed by atoms with Crippen LogP contribution >= 0.6 is 0 Å². The lowest BCUT2D eigenvalue weighted by Crippen LogP contribution is -2.41. The minimum atomic E-state index is -1.09. The topological polar surface area (TPSA) is 104 Å². The third kappa shape index (κ3) is 3.26. The molecule has 0 unspecified atom stereocenters. The number of nitrogens with zero attached hydrogens (tertiary/aromatic N) is 4. The SMILES string of the molecule is Cc1[nH]c2c(C(=O)N3CCC[C@@H](Cn4cc(C(=O)O)nn4)C3)cccc2c1C. The van der Waals surface area contributed by atoms with Gasteiger partial charge >= 0.3 is 5.97 Å². The van der Waals surface area contributed by atoms with Gasteiger partial charge in [-0.15, -0.1) is 5.10 Å². The molecule has 8 heteroatoms. The summed E-state index contributed by atoms with van der Waals surface area (Å²) in [6.45, 7) is 5.97. The molecule has 1 atom stereocenters. The van der Waals surface area contributed by atoms with E-state index in [0.29, 0.717) is 18.7 Å². The van der Waals surface area contributed by atoms with Crippen molar-refractivity contribution >= 4 is 22.8 Å². The first-order valence-corrected chi connectivity index (χ1v) is 9.44. The van der Waals surface area contributed by atoms with E-state index in [1.54, 1.807) is 4.68 Å². The van der Waals surface area contributed by atoms with Crippen molar-refractivity contribution < 1.29 is 14.7 Å². The van der Waals surface area contributed by atoms with Gasteiger partial charge in [-0.3, -0.25) is 9.48 Å². The number of carbonyl (C=O) groups is 2. The number of amides is 1. The average Bonchev–Trinajstić information content (AvgIpc) is 3.26. The Morgan fingerprint density at radius 3 is 2.89 bits per heavy atom. The monoisotopic (exact) mass is 381 g/mol. The number of rotatable bonds is 4. The Hall–Kier alpha value is -3.16. The summed E-state index contributed by atoms with van der Waals surface area (Å²) in [4.78, 5) is 29.4. The fraction of sp³-hybridized carbons (Fsp3) is 0.400. The molecule has 3 aromatic rings. The highest BCUT2D eigenvalue weighted by Crippen LogP contribution is 2.27. The molecule has 146 valence electrons. The van der Waals surface area contributed by atoms with Gasteiger partial charge in [0.1, 0.15) is 0 Å². The first-order chi connectivity index (χ1) is 13.4. The molecule has 2 aromatic heterocycles. The second-order valence-corrected chi connectivity index (χ2v) is 7.49. The zero-order valence-corrected chi connectivity index (χ0v) is 16.0. The Bertz CT molecular complexity index is 1050. The highest BCUT2D eigenvalue weighted by molar-refractivity contribution is 6.06. The number of likely N-dealkylation sites (tertiary alicyclic amines) is 1. The third-order valence-corrected chi connectivity index (χ3v) is 5.58. The lowest BCUT2D eigenvalue weighted by molar-refractivity contribution is 0.0660. The number of carbonyl (C=O) groups excluding carboxylic acids is 1. The number of benzene rings is 1. The Balaban J connectivity index is 1.52. The van der Waals surface area contributed by atoms with Gasteiger partial charge in [0.15, 0.2) is 5.69 Å². The van der Waals surface area contributed by atoms with E-state index >= 15 is 0 Å². The second-order valence-electron chi connectivity index (χ2n) is 7.49. The van der Waals surface area contributed by atoms with Crippen LogP contribution in [0.5, 0.6) is 0 Å². The molecular weight excluding hydrogens is 358 g/mol. The van der Waals surface area contributed by atoms with E-state index in [9.17, 15) is 9.59 Å². The number of para-hydroxylation sites is 1. The van der Waals surface area contributed by atoms with Gasteiger partial charge in [-0.1, -0.05) is 17.3 Å². The van der Waals surface area contributed by atoms with E-state index in [1.807, 2.05) is 30.0 Å². The normalized spacial score (nSPS) is 17.2. The number of carboxylic acids is 1. The van der Waals surface area contributed by atoms with Crippen LogP contribution in [0.1, 0.15) is 44.9 Å². The molecule has 8 nitrogen and oxygen atoms in total. The maximum atomic E-state index is 13.2. The van der Waals surface area contributed by atoms with Gasteiger partial charge in [0.25, 0.3) is 5.91 Å². The molecule has 2 N–H and O–H groups in total. The number of carboxylic acid groups (broad SMARTS) is 1. The van der Waals surface area contributed by atoms with Crippen LogP contribution < -0.4 is 0 Å². The Morgan fingerprint density at radius 2 is 2.14 bits per heavy atom. The molecule has 1 aliphatic heterocycles. The minimum absolute atomic E-state index is 0.0290. The summed E-state index contributed by atoms with van der Waals surface area (Å²) in [6, 6.07) is 5.84. The van der Waals surface area contributed by atoms with E-state index in [-0.39, 0.29) is 17.5 Å². The smallest absolute Gasteiger partial charge is 0.358 e. The number of aromatic nitrogens is 4. The zero-order chi connectivity index (χ0) is 19.8. The lowest BCUT2D eigenvalue weighted by Gasteiger charge is -2.32. The van der Waals surface area contributed by atoms with Crippen LogP contribution in [-0.4, -0.2) is 55.0 Å². The number of nitrogens with one attached hydrogen (secondary N) is 1. The van der Waals surface area contributed by atoms with Gasteiger partial charge in [0, 0.05) is 30.7 Å². The van der Waals surface area contributed by atoms with Crippen LogP contribution in [0.15, 0.2) is 24.4 Å². The van der Waals surface area contributed by atoms with E-state index in [1.165, 1.54) is 11.8 Å². The van der Waals surface area contributed by atoms with E-state index in [0.717, 1.165) is 36.0 Å². The number of aromatic amines is 1. The molecule has 0 bridgehead atoms. The molecule has 1 saturated heterocycles. The van der Waals surface area contributed by atoms with Crippen LogP contribution in [0.2, 0.25) is 0 Å². The molecule has 1 aromatic carbocycles. The Morgan fingerprint density at radius 1 is 1.32 bits per heavy atom. The molecular formula is C20H23N5O3. The number of aromatic carboxylic acids is 1. The van der Waals surface area contributed by atoms with Crippen molar-refractivity contribution in [3.05, 3.63) is 46.9 Å². The number of fused-ring (bicyclic) bond motifs is 1. The number of aryl methyl sites for hydroxylation is 2. The van der Waals surface area contributed by atoms with Crippen molar-refractivity contribution in [2.45, 2.75) is 33.2 Å². The molecule has 1 amide bonds. The van der Waals surface area contributed by atoms with Crippen LogP contribution in [-0.2, 0) is 6.54 Å². The quantitative estimate of drug-likeness (QED) is 0.723. The van der Waals surface area contributed by atoms with Crippen LogP contribution in [0.3, 0.4) is 0 Å². The summed E-state index contributed by atoms with van der Waals surface area (Å²) in [6.07, 6.45) is 3.32. The van der Waals surface area contributed by atoms with E-state index in [2.05, 4.69) is 22.2 Å². The number of hydrogen-bond acceptors (Lipinski definition) is 4. The molecule has 0 saturated carbocycles. The number of H-pyrrole nitrogens is 1. The van der Waals surface area contributed by atoms with Crippen LogP contribution in [0, 0.1) is 19.8 Å². The van der Waals surface area contributed by atoms with Gasteiger partial charge in [-0.05, 0) is 44.2 Å². The van der Waals surface area contributed by atoms with Gasteiger partial charge in [0.05, 0.1) is 17.3 Å². The fourth-order valence-electron chi connectivity index (χ4n) is 3.98. The Labute approximate surface area is 162 Å². The van der Waals surface area contributed by atoms with E-state index < -0.39 is 5.97 Å². The van der Waals surface area contributed by atoms with Crippen molar-refractivity contribution in [2.75, 3.05) is 13.1 Å². The fourth-order valence-corrected chi connectivity index (χ4v) is 3.98. The summed E-state index contributed by atoms with van der Waals surface area (Å²) in [5.74, 6) is -0.843. The summed E-state index contributed by atoms with van der Waals surface area (Å²) in [5, 5.41) is 17.6. The molecule has 3 heterocycles. The van der Waals surface area contributed by atoms with Crippen LogP contribution in [0.4, 0.5) is 0 Å². The van der Waals surface area contributed by atoms with Crippen molar-refractivity contribution in [2.24, 2.45) is 5.92 Å². The van der Waals surface area contributed by atoms with Crippen molar-refractivity contribution in [1.29, 1.82) is 0 Å². The lowest BCUT2D eigenvalue weighted by atomic mass is 9.97. The van der Waals surface area contributed by atoms with Gasteiger partial charge in [-0.25, -0.2) is 4.79 Å². The summed E-state index contributed by atoms with van der Waals surface area (Å²) < 4.78 is 1.56. The highest BCUT2D eigenvalue weighted by Gasteiger charge is 2.27.